The summed E-state index contributed by atoms with van der Waals surface area (Å²) < 4.78 is 5.76. The first-order chi connectivity index (χ1) is 8.34. The molecule has 0 N–H and O–H groups in total. The quantitative estimate of drug-likeness (QED) is 0.743. The molecule has 0 saturated carbocycles. The summed E-state index contributed by atoms with van der Waals surface area (Å²) in [7, 11) is 0. The van der Waals surface area contributed by atoms with Crippen LogP contribution >= 0.6 is 0 Å². The second-order valence-electron chi connectivity index (χ2n) is 4.36. The third-order valence-electron chi connectivity index (χ3n) is 3.17. The molecule has 1 radical (unpaired) electrons. The van der Waals surface area contributed by atoms with Gasteiger partial charge in [-0.25, -0.2) is 0 Å². The summed E-state index contributed by atoms with van der Waals surface area (Å²) >= 11 is 0. The van der Waals surface area contributed by atoms with Gasteiger partial charge in [0, 0.05) is 12.1 Å². The summed E-state index contributed by atoms with van der Waals surface area (Å²) in [6.45, 7) is 0. The van der Waals surface area contributed by atoms with Gasteiger partial charge >= 0.3 is 0 Å². The third kappa shape index (κ3) is 1.91. The van der Waals surface area contributed by atoms with Gasteiger partial charge in [-0.3, -0.25) is 4.79 Å². The zero-order chi connectivity index (χ0) is 11.7. The largest absolute Gasteiger partial charge is 0.456 e. The number of rotatable bonds is 1. The van der Waals surface area contributed by atoms with Gasteiger partial charge < -0.3 is 4.42 Å². The Balaban J connectivity index is 2.18. The molecule has 0 amide bonds. The third-order valence-corrected chi connectivity index (χ3v) is 3.17. The number of allylic oxidation sites excluding steroid dienone is 2. The predicted molar refractivity (Wildman–Crippen MR) is 67.8 cm³/mol. The molecule has 0 saturated heterocycles. The SMILES string of the molecule is O=c1cc(C2=CCCCC2)oc2[c]cccc12. The van der Waals surface area contributed by atoms with Crippen molar-refractivity contribution in [2.24, 2.45) is 0 Å². The molecule has 2 nitrogen and oxygen atoms in total. The van der Waals surface area contributed by atoms with E-state index >= 15 is 0 Å². The first kappa shape index (κ1) is 10.3. The highest BCUT2D eigenvalue weighted by Crippen LogP contribution is 2.27. The number of fused-ring (bicyclic) bond motifs is 1. The van der Waals surface area contributed by atoms with Crippen LogP contribution < -0.4 is 5.43 Å². The highest BCUT2D eigenvalue weighted by atomic mass is 16.3. The summed E-state index contributed by atoms with van der Waals surface area (Å²) in [5, 5.41) is 0.604. The molecule has 2 aromatic rings. The molecule has 1 heterocycles. The molecule has 0 bridgehead atoms. The lowest BCUT2D eigenvalue weighted by Gasteiger charge is -2.11. The summed E-state index contributed by atoms with van der Waals surface area (Å²) in [4.78, 5) is 11.9. The van der Waals surface area contributed by atoms with E-state index in [-0.39, 0.29) is 5.43 Å². The Morgan fingerprint density at radius 2 is 2.24 bits per heavy atom. The Kier molecular flexibility index (Phi) is 2.56. The van der Waals surface area contributed by atoms with E-state index in [0.29, 0.717) is 16.7 Å². The van der Waals surface area contributed by atoms with E-state index in [9.17, 15) is 4.79 Å². The normalized spacial score (nSPS) is 15.9. The van der Waals surface area contributed by atoms with Crippen molar-refractivity contribution in [2.45, 2.75) is 25.7 Å². The Labute approximate surface area is 99.6 Å². The number of para-hydroxylation sites is 1. The average molecular weight is 225 g/mol. The van der Waals surface area contributed by atoms with Gasteiger partial charge in [0.05, 0.1) is 5.39 Å². The molecule has 0 aliphatic heterocycles. The Bertz CT molecular complexity index is 635. The van der Waals surface area contributed by atoms with Crippen molar-refractivity contribution in [2.75, 3.05) is 0 Å². The van der Waals surface area contributed by atoms with Crippen molar-refractivity contribution in [3.63, 3.8) is 0 Å². The van der Waals surface area contributed by atoms with Crippen molar-refractivity contribution in [3.8, 4) is 0 Å². The van der Waals surface area contributed by atoms with Crippen LogP contribution in [-0.4, -0.2) is 0 Å². The van der Waals surface area contributed by atoms with Crippen LogP contribution in [0.2, 0.25) is 0 Å². The maximum absolute atomic E-state index is 11.9. The van der Waals surface area contributed by atoms with Crippen LogP contribution in [0.5, 0.6) is 0 Å². The minimum Gasteiger partial charge on any atom is -0.456 e. The van der Waals surface area contributed by atoms with Crippen molar-refractivity contribution < 1.29 is 4.42 Å². The predicted octanol–water partition coefficient (Wildman–Crippen LogP) is 3.55. The number of benzene rings is 1. The molecular formula is C15H13O2. The first-order valence-electron chi connectivity index (χ1n) is 5.98. The number of hydrogen-bond acceptors (Lipinski definition) is 2. The van der Waals surface area contributed by atoms with E-state index in [2.05, 4.69) is 12.1 Å². The lowest BCUT2D eigenvalue weighted by molar-refractivity contribution is 0.575. The van der Waals surface area contributed by atoms with E-state index in [1.165, 1.54) is 12.8 Å². The van der Waals surface area contributed by atoms with Gasteiger partial charge in [0.15, 0.2) is 5.43 Å². The molecule has 1 aliphatic rings. The smallest absolute Gasteiger partial charge is 0.193 e. The van der Waals surface area contributed by atoms with Gasteiger partial charge in [0.1, 0.15) is 11.3 Å². The second-order valence-corrected chi connectivity index (χ2v) is 4.36. The number of hydrogen-bond donors (Lipinski definition) is 0. The van der Waals surface area contributed by atoms with Crippen LogP contribution in [0.4, 0.5) is 0 Å². The minimum atomic E-state index is 0.0181. The molecule has 2 heteroatoms. The van der Waals surface area contributed by atoms with E-state index in [0.717, 1.165) is 18.4 Å². The van der Waals surface area contributed by atoms with Crippen LogP contribution in [-0.2, 0) is 0 Å². The van der Waals surface area contributed by atoms with E-state index < -0.39 is 0 Å². The molecule has 3 rings (SSSR count). The molecular weight excluding hydrogens is 212 g/mol. The molecule has 1 aromatic carbocycles. The van der Waals surface area contributed by atoms with Gasteiger partial charge in [-0.1, -0.05) is 18.2 Å². The molecule has 17 heavy (non-hydrogen) atoms. The molecule has 1 aromatic heterocycles. The van der Waals surface area contributed by atoms with Crippen LogP contribution in [0.15, 0.2) is 39.6 Å². The zero-order valence-corrected chi connectivity index (χ0v) is 9.53. The summed E-state index contributed by atoms with van der Waals surface area (Å²) in [6.07, 6.45) is 6.66. The van der Waals surface area contributed by atoms with E-state index in [4.69, 9.17) is 4.42 Å². The summed E-state index contributed by atoms with van der Waals surface area (Å²) in [5.74, 6) is 0.713. The van der Waals surface area contributed by atoms with Gasteiger partial charge in [-0.15, -0.1) is 0 Å². The molecule has 85 valence electrons. The van der Waals surface area contributed by atoms with Crippen molar-refractivity contribution >= 4 is 16.5 Å². The fraction of sp³-hybridized carbons (Fsp3) is 0.267. The molecule has 0 spiro atoms. The molecule has 0 atom stereocenters. The summed E-state index contributed by atoms with van der Waals surface area (Å²) in [6, 6.07) is 9.93. The zero-order valence-electron chi connectivity index (χ0n) is 9.53. The van der Waals surface area contributed by atoms with E-state index in [1.54, 1.807) is 24.3 Å². The van der Waals surface area contributed by atoms with Crippen LogP contribution in [0.25, 0.3) is 16.5 Å². The minimum absolute atomic E-state index is 0.0181. The van der Waals surface area contributed by atoms with Gasteiger partial charge in [-0.2, -0.15) is 0 Å². The fourth-order valence-corrected chi connectivity index (χ4v) is 2.26. The lowest BCUT2D eigenvalue weighted by atomic mass is 9.97. The van der Waals surface area contributed by atoms with Crippen molar-refractivity contribution in [1.29, 1.82) is 0 Å². The standard InChI is InChI=1S/C15H13O2/c16-13-10-15(11-6-2-1-3-7-11)17-14-9-5-4-8-12(13)14/h4-6,8,10H,1-3,7H2. The maximum atomic E-state index is 11.9. The Hall–Kier alpha value is -1.83. The highest BCUT2D eigenvalue weighted by Gasteiger charge is 2.11. The average Bonchev–Trinajstić information content (AvgIpc) is 2.40. The summed E-state index contributed by atoms with van der Waals surface area (Å²) in [5.41, 5.74) is 1.73. The van der Waals surface area contributed by atoms with Crippen LogP contribution in [0.1, 0.15) is 31.4 Å². The molecule has 0 unspecified atom stereocenters. The van der Waals surface area contributed by atoms with Crippen LogP contribution in [0.3, 0.4) is 0 Å². The van der Waals surface area contributed by atoms with Gasteiger partial charge in [0.2, 0.25) is 0 Å². The lowest BCUT2D eigenvalue weighted by Crippen LogP contribution is -2.02. The Morgan fingerprint density at radius 3 is 3.06 bits per heavy atom. The monoisotopic (exact) mass is 225 g/mol. The first-order valence-corrected chi connectivity index (χ1v) is 5.98. The van der Waals surface area contributed by atoms with Gasteiger partial charge in [0.25, 0.3) is 0 Å². The molecule has 1 aliphatic carbocycles. The molecule has 0 fully saturated rings. The second kappa shape index (κ2) is 4.21. The van der Waals surface area contributed by atoms with Crippen molar-refractivity contribution in [1.82, 2.24) is 0 Å². The topological polar surface area (TPSA) is 30.2 Å². The van der Waals surface area contributed by atoms with Gasteiger partial charge in [-0.05, 0) is 37.3 Å². The van der Waals surface area contributed by atoms with Crippen molar-refractivity contribution in [3.05, 3.63) is 52.4 Å². The fourth-order valence-electron chi connectivity index (χ4n) is 2.26. The Morgan fingerprint density at radius 1 is 1.29 bits per heavy atom. The maximum Gasteiger partial charge on any atom is 0.193 e. The highest BCUT2D eigenvalue weighted by molar-refractivity contribution is 5.77. The van der Waals surface area contributed by atoms with E-state index in [1.807, 2.05) is 0 Å². The van der Waals surface area contributed by atoms with Crippen LogP contribution in [0, 0.1) is 6.07 Å².